The summed E-state index contributed by atoms with van der Waals surface area (Å²) in [6.45, 7) is 0.506. The number of fused-ring (bicyclic) bond motifs is 1. The van der Waals surface area contributed by atoms with E-state index in [0.717, 1.165) is 11.1 Å². The molecular weight excluding hydrogens is 206 g/mol. The van der Waals surface area contributed by atoms with Crippen LogP contribution in [-0.4, -0.2) is 24.5 Å². The number of aromatic nitrogens is 1. The third-order valence-corrected chi connectivity index (χ3v) is 2.20. The van der Waals surface area contributed by atoms with E-state index >= 15 is 0 Å². The Hall–Kier alpha value is -2.04. The van der Waals surface area contributed by atoms with E-state index in [2.05, 4.69) is 15.6 Å². The number of anilines is 1. The Morgan fingerprint density at radius 2 is 2.25 bits per heavy atom. The second kappa shape index (κ2) is 4.65. The van der Waals surface area contributed by atoms with Crippen LogP contribution in [0.1, 0.15) is 6.42 Å². The lowest BCUT2D eigenvalue weighted by Crippen LogP contribution is -2.20. The standard InChI is InChI=1S/C11H13N3O2/c1-12-10(15)6-7-13-11-14-8-4-2-3-5-9(8)16-11/h2-5H,6-7H2,1H3,(H,12,15)(H,13,14). The van der Waals surface area contributed by atoms with E-state index in [1.165, 1.54) is 0 Å². The van der Waals surface area contributed by atoms with Crippen LogP contribution in [0.25, 0.3) is 11.1 Å². The summed E-state index contributed by atoms with van der Waals surface area (Å²) in [7, 11) is 1.61. The predicted octanol–water partition coefficient (Wildman–Crippen LogP) is 1.38. The molecule has 0 radical (unpaired) electrons. The molecule has 1 aromatic carbocycles. The SMILES string of the molecule is CNC(=O)CCNc1nc2ccccc2o1. The van der Waals surface area contributed by atoms with E-state index in [-0.39, 0.29) is 5.91 Å². The molecule has 2 N–H and O–H groups in total. The van der Waals surface area contributed by atoms with E-state index in [1.54, 1.807) is 7.05 Å². The molecule has 0 aliphatic carbocycles. The van der Waals surface area contributed by atoms with Crippen molar-refractivity contribution in [1.29, 1.82) is 0 Å². The van der Waals surface area contributed by atoms with Gasteiger partial charge in [-0.2, -0.15) is 4.98 Å². The minimum absolute atomic E-state index is 0.0105. The first-order valence-corrected chi connectivity index (χ1v) is 5.09. The van der Waals surface area contributed by atoms with Crippen LogP contribution < -0.4 is 10.6 Å². The normalized spacial score (nSPS) is 10.3. The highest BCUT2D eigenvalue weighted by Crippen LogP contribution is 2.17. The van der Waals surface area contributed by atoms with Gasteiger partial charge < -0.3 is 15.1 Å². The van der Waals surface area contributed by atoms with Gasteiger partial charge >= 0.3 is 0 Å². The van der Waals surface area contributed by atoms with E-state index in [4.69, 9.17) is 4.42 Å². The number of hydrogen-bond acceptors (Lipinski definition) is 4. The van der Waals surface area contributed by atoms with Crippen LogP contribution in [0.2, 0.25) is 0 Å². The number of carbonyl (C=O) groups is 1. The number of nitrogens with one attached hydrogen (secondary N) is 2. The van der Waals surface area contributed by atoms with Crippen molar-refractivity contribution in [2.75, 3.05) is 18.9 Å². The van der Waals surface area contributed by atoms with Crippen LogP contribution in [0.4, 0.5) is 6.01 Å². The summed E-state index contributed by atoms with van der Waals surface area (Å²) >= 11 is 0. The molecule has 0 saturated heterocycles. The molecule has 0 aliphatic heterocycles. The zero-order valence-electron chi connectivity index (χ0n) is 8.99. The first kappa shape index (κ1) is 10.5. The molecule has 2 rings (SSSR count). The molecule has 5 nitrogen and oxygen atoms in total. The van der Waals surface area contributed by atoms with Crippen LogP contribution >= 0.6 is 0 Å². The Bertz CT molecular complexity index is 460. The maximum absolute atomic E-state index is 11.0. The van der Waals surface area contributed by atoms with Gasteiger partial charge in [0.1, 0.15) is 5.52 Å². The fourth-order valence-electron chi connectivity index (χ4n) is 1.36. The Morgan fingerprint density at radius 1 is 1.44 bits per heavy atom. The van der Waals surface area contributed by atoms with Gasteiger partial charge in [0.25, 0.3) is 6.01 Å². The zero-order chi connectivity index (χ0) is 11.4. The van der Waals surface area contributed by atoms with Crippen molar-refractivity contribution in [3.05, 3.63) is 24.3 Å². The van der Waals surface area contributed by atoms with Crippen molar-refractivity contribution in [3.63, 3.8) is 0 Å². The average Bonchev–Trinajstić information content (AvgIpc) is 2.71. The summed E-state index contributed by atoms with van der Waals surface area (Å²) in [6, 6.07) is 7.97. The van der Waals surface area contributed by atoms with Crippen LogP contribution in [0.15, 0.2) is 28.7 Å². The number of carbonyl (C=O) groups excluding carboxylic acids is 1. The largest absolute Gasteiger partial charge is 0.424 e. The quantitative estimate of drug-likeness (QED) is 0.815. The molecule has 0 saturated carbocycles. The fraction of sp³-hybridized carbons (Fsp3) is 0.273. The van der Waals surface area contributed by atoms with Crippen LogP contribution in [0.3, 0.4) is 0 Å². The van der Waals surface area contributed by atoms with Crippen molar-refractivity contribution in [2.24, 2.45) is 0 Å². The predicted molar refractivity (Wildman–Crippen MR) is 61.2 cm³/mol. The van der Waals surface area contributed by atoms with E-state index in [1.807, 2.05) is 24.3 Å². The van der Waals surface area contributed by atoms with Gasteiger partial charge in [0.15, 0.2) is 5.58 Å². The Balaban J connectivity index is 1.97. The molecule has 1 amide bonds. The molecule has 0 atom stereocenters. The minimum atomic E-state index is -0.0105. The molecule has 0 fully saturated rings. The van der Waals surface area contributed by atoms with Crippen LogP contribution in [-0.2, 0) is 4.79 Å². The Kier molecular flexibility index (Phi) is 3.05. The summed E-state index contributed by atoms with van der Waals surface area (Å²) in [5, 5.41) is 5.51. The highest BCUT2D eigenvalue weighted by molar-refractivity contribution is 5.76. The third kappa shape index (κ3) is 2.31. The molecule has 16 heavy (non-hydrogen) atoms. The Morgan fingerprint density at radius 3 is 3.00 bits per heavy atom. The molecule has 1 heterocycles. The first-order chi connectivity index (χ1) is 7.79. The number of para-hydroxylation sites is 2. The van der Waals surface area contributed by atoms with Crippen molar-refractivity contribution >= 4 is 23.0 Å². The molecule has 84 valence electrons. The number of amides is 1. The number of hydrogen-bond donors (Lipinski definition) is 2. The summed E-state index contributed by atoms with van der Waals surface area (Å²) in [5.41, 5.74) is 1.55. The topological polar surface area (TPSA) is 67.2 Å². The zero-order valence-corrected chi connectivity index (χ0v) is 8.99. The highest BCUT2D eigenvalue weighted by Gasteiger charge is 2.04. The van der Waals surface area contributed by atoms with Crippen molar-refractivity contribution in [2.45, 2.75) is 6.42 Å². The van der Waals surface area contributed by atoms with Gasteiger partial charge in [0.2, 0.25) is 5.91 Å². The minimum Gasteiger partial charge on any atom is -0.424 e. The lowest BCUT2D eigenvalue weighted by molar-refractivity contribution is -0.120. The number of benzene rings is 1. The summed E-state index contributed by atoms with van der Waals surface area (Å²) in [5.74, 6) is -0.0105. The lowest BCUT2D eigenvalue weighted by atomic mass is 10.3. The summed E-state index contributed by atoms with van der Waals surface area (Å²) < 4.78 is 5.43. The van der Waals surface area contributed by atoms with Gasteiger partial charge in [-0.25, -0.2) is 0 Å². The second-order valence-corrected chi connectivity index (χ2v) is 3.34. The third-order valence-electron chi connectivity index (χ3n) is 2.20. The molecule has 1 aromatic heterocycles. The smallest absolute Gasteiger partial charge is 0.295 e. The van der Waals surface area contributed by atoms with E-state index in [9.17, 15) is 4.79 Å². The average molecular weight is 219 g/mol. The second-order valence-electron chi connectivity index (χ2n) is 3.34. The van der Waals surface area contributed by atoms with Gasteiger partial charge in [-0.05, 0) is 12.1 Å². The number of nitrogens with zero attached hydrogens (tertiary/aromatic N) is 1. The van der Waals surface area contributed by atoms with Crippen molar-refractivity contribution < 1.29 is 9.21 Å². The summed E-state index contributed by atoms with van der Waals surface area (Å²) in [6.07, 6.45) is 0.398. The van der Waals surface area contributed by atoms with Gasteiger partial charge in [-0.15, -0.1) is 0 Å². The Labute approximate surface area is 92.8 Å². The van der Waals surface area contributed by atoms with Crippen LogP contribution in [0, 0.1) is 0 Å². The maximum Gasteiger partial charge on any atom is 0.295 e. The molecule has 0 bridgehead atoms. The van der Waals surface area contributed by atoms with E-state index < -0.39 is 0 Å². The van der Waals surface area contributed by atoms with Gasteiger partial charge in [0, 0.05) is 20.0 Å². The van der Waals surface area contributed by atoms with Crippen molar-refractivity contribution in [1.82, 2.24) is 10.3 Å². The summed E-state index contributed by atoms with van der Waals surface area (Å²) in [4.78, 5) is 15.2. The van der Waals surface area contributed by atoms with Gasteiger partial charge in [-0.3, -0.25) is 4.79 Å². The van der Waals surface area contributed by atoms with Crippen LogP contribution in [0.5, 0.6) is 0 Å². The molecule has 0 spiro atoms. The fourth-order valence-corrected chi connectivity index (χ4v) is 1.36. The van der Waals surface area contributed by atoms with E-state index in [0.29, 0.717) is 19.0 Å². The molecular formula is C11H13N3O2. The molecule has 0 aliphatic rings. The maximum atomic E-state index is 11.0. The lowest BCUT2D eigenvalue weighted by Gasteiger charge is -1.99. The van der Waals surface area contributed by atoms with Crippen molar-refractivity contribution in [3.8, 4) is 0 Å². The molecule has 2 aromatic rings. The highest BCUT2D eigenvalue weighted by atomic mass is 16.4. The van der Waals surface area contributed by atoms with Gasteiger partial charge in [-0.1, -0.05) is 12.1 Å². The number of rotatable bonds is 4. The molecule has 0 unspecified atom stereocenters. The van der Waals surface area contributed by atoms with Gasteiger partial charge in [0.05, 0.1) is 0 Å². The monoisotopic (exact) mass is 219 g/mol. The molecule has 5 heteroatoms. The number of oxazole rings is 1. The first-order valence-electron chi connectivity index (χ1n) is 5.09.